The Bertz CT molecular complexity index is 315. The first-order valence-corrected chi connectivity index (χ1v) is 7.30. The van der Waals surface area contributed by atoms with E-state index in [1.54, 1.807) is 0 Å². The Balaban J connectivity index is 0.000000659. The van der Waals surface area contributed by atoms with Crippen LogP contribution in [0, 0.1) is 13.8 Å². The molecule has 1 aliphatic heterocycles. The fourth-order valence-corrected chi connectivity index (χ4v) is 2.07. The number of aryl methyl sites for hydroxylation is 2. The second kappa shape index (κ2) is 9.95. The molecule has 0 aromatic heterocycles. The molecule has 0 bridgehead atoms. The Morgan fingerprint density at radius 1 is 0.944 bits per heavy atom. The maximum absolute atomic E-state index is 3.37. The molecule has 1 N–H and O–H groups in total. The van der Waals surface area contributed by atoms with Gasteiger partial charge in [0.1, 0.15) is 0 Å². The van der Waals surface area contributed by atoms with Crippen LogP contribution >= 0.6 is 0 Å². The summed E-state index contributed by atoms with van der Waals surface area (Å²) in [6.45, 7) is 16.8. The van der Waals surface area contributed by atoms with Crippen LogP contribution in [0.2, 0.25) is 0 Å². The molecule has 0 atom stereocenters. The van der Waals surface area contributed by atoms with Crippen molar-refractivity contribution in [2.75, 3.05) is 31.1 Å². The van der Waals surface area contributed by atoms with Gasteiger partial charge in [0.15, 0.2) is 0 Å². The zero-order valence-electron chi connectivity index (χ0n) is 13.0. The molecule has 2 nitrogen and oxygen atoms in total. The summed E-state index contributed by atoms with van der Waals surface area (Å²) in [4.78, 5) is 2.46. The minimum absolute atomic E-state index is 1.10. The van der Waals surface area contributed by atoms with E-state index in [0.717, 1.165) is 26.2 Å². The van der Waals surface area contributed by atoms with Crippen LogP contribution in [0.3, 0.4) is 0 Å². The van der Waals surface area contributed by atoms with E-state index in [2.05, 4.69) is 42.3 Å². The summed E-state index contributed by atoms with van der Waals surface area (Å²) >= 11 is 0. The second-order valence-electron chi connectivity index (χ2n) is 4.03. The first-order valence-electron chi connectivity index (χ1n) is 7.30. The molecule has 1 fully saturated rings. The average Bonchev–Trinajstić information content (AvgIpc) is 2.44. The first kappa shape index (κ1) is 17.0. The number of anilines is 1. The molecule has 1 aliphatic rings. The van der Waals surface area contributed by atoms with Crippen LogP contribution in [0.15, 0.2) is 18.2 Å². The Morgan fingerprint density at radius 3 is 2.00 bits per heavy atom. The van der Waals surface area contributed by atoms with E-state index in [1.807, 2.05) is 27.7 Å². The quantitative estimate of drug-likeness (QED) is 0.816. The molecule has 2 heteroatoms. The molecular weight excluding hydrogens is 220 g/mol. The van der Waals surface area contributed by atoms with E-state index in [1.165, 1.54) is 16.8 Å². The minimum atomic E-state index is 1.10. The Morgan fingerprint density at radius 2 is 1.50 bits per heavy atom. The van der Waals surface area contributed by atoms with Gasteiger partial charge in [0.25, 0.3) is 0 Å². The van der Waals surface area contributed by atoms with Gasteiger partial charge in [-0.2, -0.15) is 0 Å². The topological polar surface area (TPSA) is 15.3 Å². The summed E-state index contributed by atoms with van der Waals surface area (Å²) in [5.41, 5.74) is 4.14. The predicted octanol–water partition coefficient (Wildman–Crippen LogP) is 3.77. The van der Waals surface area contributed by atoms with Gasteiger partial charge in [-0.05, 0) is 25.5 Å². The van der Waals surface area contributed by atoms with Gasteiger partial charge < -0.3 is 10.2 Å². The lowest BCUT2D eigenvalue weighted by molar-refractivity contribution is 0.588. The molecule has 0 unspecified atom stereocenters. The number of hydrogen-bond donors (Lipinski definition) is 1. The lowest BCUT2D eigenvalue weighted by Crippen LogP contribution is -2.43. The van der Waals surface area contributed by atoms with Crippen molar-refractivity contribution in [1.29, 1.82) is 0 Å². The van der Waals surface area contributed by atoms with Gasteiger partial charge in [-0.3, -0.25) is 0 Å². The fourth-order valence-electron chi connectivity index (χ4n) is 2.07. The molecule has 1 saturated heterocycles. The standard InChI is InChI=1S/C12H18N2.2C2H6/c1-10-3-4-12(11(2)9-10)14-7-5-13-6-8-14;2*1-2/h3-4,9,13H,5-8H2,1-2H3;2*1-2H3. The molecule has 18 heavy (non-hydrogen) atoms. The summed E-state index contributed by atoms with van der Waals surface area (Å²) in [6.07, 6.45) is 0. The van der Waals surface area contributed by atoms with Gasteiger partial charge in [-0.25, -0.2) is 0 Å². The molecule has 0 amide bonds. The highest BCUT2D eigenvalue weighted by Crippen LogP contribution is 2.21. The average molecular weight is 250 g/mol. The highest BCUT2D eigenvalue weighted by Gasteiger charge is 2.11. The van der Waals surface area contributed by atoms with Gasteiger partial charge in [-0.1, -0.05) is 45.4 Å². The van der Waals surface area contributed by atoms with E-state index >= 15 is 0 Å². The molecule has 0 aliphatic carbocycles. The van der Waals surface area contributed by atoms with Crippen LogP contribution < -0.4 is 10.2 Å². The molecule has 0 saturated carbocycles. The van der Waals surface area contributed by atoms with Crippen LogP contribution in [-0.2, 0) is 0 Å². The molecule has 1 heterocycles. The monoisotopic (exact) mass is 250 g/mol. The van der Waals surface area contributed by atoms with E-state index in [-0.39, 0.29) is 0 Å². The van der Waals surface area contributed by atoms with Crippen LogP contribution in [0.25, 0.3) is 0 Å². The molecule has 1 aromatic rings. The molecule has 2 rings (SSSR count). The number of hydrogen-bond acceptors (Lipinski definition) is 2. The second-order valence-corrected chi connectivity index (χ2v) is 4.03. The third kappa shape index (κ3) is 5.09. The zero-order chi connectivity index (χ0) is 14.0. The summed E-state index contributed by atoms with van der Waals surface area (Å²) in [5.74, 6) is 0. The van der Waals surface area contributed by atoms with Crippen LogP contribution in [0.4, 0.5) is 5.69 Å². The van der Waals surface area contributed by atoms with Crippen molar-refractivity contribution < 1.29 is 0 Å². The molecular formula is C16H30N2. The maximum atomic E-state index is 3.37. The molecule has 0 spiro atoms. The molecule has 0 radical (unpaired) electrons. The number of rotatable bonds is 1. The Hall–Kier alpha value is -1.02. The molecule has 1 aromatic carbocycles. The summed E-state index contributed by atoms with van der Waals surface area (Å²) in [5, 5.41) is 3.37. The normalized spacial score (nSPS) is 14.0. The predicted molar refractivity (Wildman–Crippen MR) is 83.7 cm³/mol. The largest absolute Gasteiger partial charge is 0.369 e. The lowest BCUT2D eigenvalue weighted by atomic mass is 10.1. The van der Waals surface area contributed by atoms with E-state index in [4.69, 9.17) is 0 Å². The fraction of sp³-hybridized carbons (Fsp3) is 0.625. The van der Waals surface area contributed by atoms with Gasteiger partial charge in [-0.15, -0.1) is 0 Å². The number of piperazine rings is 1. The number of nitrogens with zero attached hydrogens (tertiary/aromatic N) is 1. The SMILES string of the molecule is CC.CC.Cc1ccc(N2CCNCC2)c(C)c1. The summed E-state index contributed by atoms with van der Waals surface area (Å²) in [7, 11) is 0. The summed E-state index contributed by atoms with van der Waals surface area (Å²) in [6, 6.07) is 6.71. The van der Waals surface area contributed by atoms with E-state index in [9.17, 15) is 0 Å². The minimum Gasteiger partial charge on any atom is -0.369 e. The third-order valence-corrected chi connectivity index (χ3v) is 2.81. The van der Waals surface area contributed by atoms with Crippen LogP contribution in [0.1, 0.15) is 38.8 Å². The highest BCUT2D eigenvalue weighted by atomic mass is 15.2. The van der Waals surface area contributed by atoms with Crippen molar-refractivity contribution in [3.63, 3.8) is 0 Å². The van der Waals surface area contributed by atoms with Gasteiger partial charge >= 0.3 is 0 Å². The Labute approximate surface area is 113 Å². The van der Waals surface area contributed by atoms with Crippen molar-refractivity contribution in [2.45, 2.75) is 41.5 Å². The van der Waals surface area contributed by atoms with Gasteiger partial charge in [0.05, 0.1) is 0 Å². The number of benzene rings is 1. The van der Waals surface area contributed by atoms with Gasteiger partial charge in [0, 0.05) is 31.9 Å². The highest BCUT2D eigenvalue weighted by molar-refractivity contribution is 5.54. The van der Waals surface area contributed by atoms with Gasteiger partial charge in [0.2, 0.25) is 0 Å². The smallest absolute Gasteiger partial charge is 0.0396 e. The number of nitrogens with one attached hydrogen (secondary N) is 1. The van der Waals surface area contributed by atoms with Crippen molar-refractivity contribution in [3.05, 3.63) is 29.3 Å². The van der Waals surface area contributed by atoms with E-state index < -0.39 is 0 Å². The third-order valence-electron chi connectivity index (χ3n) is 2.81. The van der Waals surface area contributed by atoms with Crippen molar-refractivity contribution in [3.8, 4) is 0 Å². The summed E-state index contributed by atoms with van der Waals surface area (Å²) < 4.78 is 0. The van der Waals surface area contributed by atoms with Crippen LogP contribution in [0.5, 0.6) is 0 Å². The maximum Gasteiger partial charge on any atom is 0.0396 e. The van der Waals surface area contributed by atoms with E-state index in [0.29, 0.717) is 0 Å². The van der Waals surface area contributed by atoms with Crippen molar-refractivity contribution in [1.82, 2.24) is 5.32 Å². The zero-order valence-corrected chi connectivity index (χ0v) is 13.0. The van der Waals surface area contributed by atoms with Crippen molar-refractivity contribution in [2.24, 2.45) is 0 Å². The Kier molecular flexibility index (Phi) is 9.39. The van der Waals surface area contributed by atoms with Crippen LogP contribution in [-0.4, -0.2) is 26.2 Å². The first-order chi connectivity index (χ1) is 8.77. The lowest BCUT2D eigenvalue weighted by Gasteiger charge is -2.30. The van der Waals surface area contributed by atoms with Crippen molar-refractivity contribution >= 4 is 5.69 Å². The molecule has 104 valence electrons.